The van der Waals surface area contributed by atoms with Gasteiger partial charge < -0.3 is 0 Å². The minimum absolute atomic E-state index is 0.694. The van der Waals surface area contributed by atoms with Crippen molar-refractivity contribution in [2.24, 2.45) is 0 Å². The highest BCUT2D eigenvalue weighted by Crippen LogP contribution is 2.18. The number of imidazole rings is 1. The summed E-state index contributed by atoms with van der Waals surface area (Å²) in [6, 6.07) is 3.68. The van der Waals surface area contributed by atoms with Crippen LogP contribution in [0, 0.1) is 0 Å². The Bertz CT molecular complexity index is 412. The van der Waals surface area contributed by atoms with Crippen LogP contribution in [0.2, 0.25) is 0 Å². The highest BCUT2D eigenvalue weighted by molar-refractivity contribution is 9.11. The number of halogens is 2. The Morgan fingerprint density at radius 2 is 2.15 bits per heavy atom. The highest BCUT2D eigenvalue weighted by atomic mass is 79.9. The van der Waals surface area contributed by atoms with Crippen LogP contribution in [0.3, 0.4) is 0 Å². The number of rotatable bonds is 1. The van der Waals surface area contributed by atoms with Crippen LogP contribution in [0.1, 0.15) is 0 Å². The van der Waals surface area contributed by atoms with Crippen molar-refractivity contribution in [3.63, 3.8) is 0 Å². The molecule has 4 nitrogen and oxygen atoms in total. The molecule has 66 valence electrons. The van der Waals surface area contributed by atoms with Crippen LogP contribution in [0.4, 0.5) is 0 Å². The van der Waals surface area contributed by atoms with E-state index in [-0.39, 0.29) is 0 Å². The van der Waals surface area contributed by atoms with Gasteiger partial charge in [-0.25, -0.2) is 4.98 Å². The quantitative estimate of drug-likeness (QED) is 0.811. The molecule has 0 bridgehead atoms. The number of hydrogen-bond donors (Lipinski definition) is 0. The van der Waals surface area contributed by atoms with Gasteiger partial charge in [0.05, 0.1) is 0 Å². The van der Waals surface area contributed by atoms with Crippen LogP contribution in [0.25, 0.3) is 5.82 Å². The van der Waals surface area contributed by atoms with Crippen molar-refractivity contribution >= 4 is 31.9 Å². The third-order valence-corrected chi connectivity index (χ3v) is 2.38. The van der Waals surface area contributed by atoms with Crippen molar-refractivity contribution < 1.29 is 0 Å². The molecule has 0 N–H and O–H groups in total. The molecule has 0 saturated heterocycles. The molecule has 0 atom stereocenters. The summed E-state index contributed by atoms with van der Waals surface area (Å²) in [5.74, 6) is 0.729. The lowest BCUT2D eigenvalue weighted by molar-refractivity contribution is 0.894. The standard InChI is InChI=1S/C7H4Br2N4/c8-5-4-13(7(9)11-5)6-2-1-3-10-12-6/h1-4H. The van der Waals surface area contributed by atoms with Gasteiger partial charge in [-0.2, -0.15) is 5.10 Å². The largest absolute Gasteiger partial charge is 0.276 e. The molecule has 2 aromatic heterocycles. The van der Waals surface area contributed by atoms with Crippen molar-refractivity contribution in [1.82, 2.24) is 19.7 Å². The minimum Gasteiger partial charge on any atom is -0.276 e. The Morgan fingerprint density at radius 3 is 2.69 bits per heavy atom. The Kier molecular flexibility index (Phi) is 2.41. The van der Waals surface area contributed by atoms with Gasteiger partial charge in [0, 0.05) is 12.4 Å². The third-order valence-electron chi connectivity index (χ3n) is 1.44. The lowest BCUT2D eigenvalue weighted by Crippen LogP contribution is -1.96. The van der Waals surface area contributed by atoms with E-state index in [4.69, 9.17) is 0 Å². The topological polar surface area (TPSA) is 43.6 Å². The lowest BCUT2D eigenvalue weighted by atomic mass is 10.5. The molecule has 0 radical (unpaired) electrons. The van der Waals surface area contributed by atoms with Crippen LogP contribution in [-0.4, -0.2) is 19.7 Å². The average Bonchev–Trinajstić information content (AvgIpc) is 2.47. The second-order valence-corrected chi connectivity index (χ2v) is 3.81. The fraction of sp³-hybridized carbons (Fsp3) is 0. The first kappa shape index (κ1) is 8.83. The fourth-order valence-corrected chi connectivity index (χ4v) is 2.00. The second-order valence-electron chi connectivity index (χ2n) is 2.28. The van der Waals surface area contributed by atoms with Gasteiger partial charge in [0.1, 0.15) is 4.60 Å². The van der Waals surface area contributed by atoms with E-state index in [1.54, 1.807) is 10.8 Å². The van der Waals surface area contributed by atoms with Gasteiger partial charge >= 0.3 is 0 Å². The molecule has 2 rings (SSSR count). The van der Waals surface area contributed by atoms with Gasteiger partial charge in [-0.3, -0.25) is 4.57 Å². The third kappa shape index (κ3) is 1.78. The van der Waals surface area contributed by atoms with Gasteiger partial charge in [0.15, 0.2) is 10.6 Å². The molecule has 6 heteroatoms. The fourth-order valence-electron chi connectivity index (χ4n) is 0.913. The van der Waals surface area contributed by atoms with Crippen molar-refractivity contribution in [2.75, 3.05) is 0 Å². The zero-order valence-corrected chi connectivity index (χ0v) is 9.53. The molecule has 13 heavy (non-hydrogen) atoms. The first-order chi connectivity index (χ1) is 6.27. The monoisotopic (exact) mass is 302 g/mol. The van der Waals surface area contributed by atoms with E-state index < -0.39 is 0 Å². The molecule has 0 unspecified atom stereocenters. The van der Waals surface area contributed by atoms with E-state index in [2.05, 4.69) is 47.0 Å². The Balaban J connectivity index is 2.53. The summed E-state index contributed by atoms with van der Waals surface area (Å²) in [7, 11) is 0. The molecule has 2 heterocycles. The normalized spacial score (nSPS) is 10.3. The van der Waals surface area contributed by atoms with Crippen LogP contribution in [0.15, 0.2) is 33.9 Å². The minimum atomic E-state index is 0.694. The van der Waals surface area contributed by atoms with Crippen LogP contribution < -0.4 is 0 Å². The highest BCUT2D eigenvalue weighted by Gasteiger charge is 2.05. The van der Waals surface area contributed by atoms with Crippen LogP contribution in [-0.2, 0) is 0 Å². The van der Waals surface area contributed by atoms with Gasteiger partial charge in [0.2, 0.25) is 0 Å². The van der Waals surface area contributed by atoms with E-state index in [0.29, 0.717) is 4.73 Å². The van der Waals surface area contributed by atoms with Crippen molar-refractivity contribution in [3.05, 3.63) is 33.9 Å². The van der Waals surface area contributed by atoms with Gasteiger partial charge in [0.25, 0.3) is 0 Å². The molecule has 0 fully saturated rings. The second kappa shape index (κ2) is 3.55. The van der Waals surface area contributed by atoms with E-state index in [1.807, 2.05) is 18.3 Å². The number of aromatic nitrogens is 4. The summed E-state index contributed by atoms with van der Waals surface area (Å²) in [6.45, 7) is 0. The molecule has 0 aromatic carbocycles. The average molecular weight is 304 g/mol. The smallest absolute Gasteiger partial charge is 0.184 e. The summed E-state index contributed by atoms with van der Waals surface area (Å²) >= 11 is 6.58. The molecule has 2 aromatic rings. The number of hydrogen-bond acceptors (Lipinski definition) is 3. The van der Waals surface area contributed by atoms with E-state index in [9.17, 15) is 0 Å². The first-order valence-electron chi connectivity index (χ1n) is 3.46. The molecule has 0 aliphatic heterocycles. The Labute approximate surface area is 91.3 Å². The van der Waals surface area contributed by atoms with Gasteiger partial charge in [-0.15, -0.1) is 5.10 Å². The summed E-state index contributed by atoms with van der Waals surface area (Å²) in [6.07, 6.45) is 3.44. The summed E-state index contributed by atoms with van der Waals surface area (Å²) in [5, 5.41) is 7.72. The van der Waals surface area contributed by atoms with Crippen molar-refractivity contribution in [1.29, 1.82) is 0 Å². The van der Waals surface area contributed by atoms with E-state index in [0.717, 1.165) is 10.4 Å². The molecule has 0 aliphatic carbocycles. The predicted molar refractivity (Wildman–Crippen MR) is 54.6 cm³/mol. The Morgan fingerprint density at radius 1 is 1.31 bits per heavy atom. The predicted octanol–water partition coefficient (Wildman–Crippen LogP) is 2.19. The summed E-state index contributed by atoms with van der Waals surface area (Å²) in [5.41, 5.74) is 0. The van der Waals surface area contributed by atoms with Crippen LogP contribution >= 0.6 is 31.9 Å². The van der Waals surface area contributed by atoms with Crippen molar-refractivity contribution in [2.45, 2.75) is 0 Å². The zero-order chi connectivity index (χ0) is 9.26. The van der Waals surface area contributed by atoms with Gasteiger partial charge in [-0.05, 0) is 44.0 Å². The van der Waals surface area contributed by atoms with Crippen molar-refractivity contribution in [3.8, 4) is 5.82 Å². The maximum absolute atomic E-state index is 4.12. The summed E-state index contributed by atoms with van der Waals surface area (Å²) < 4.78 is 3.24. The van der Waals surface area contributed by atoms with Gasteiger partial charge in [-0.1, -0.05) is 0 Å². The Hall–Kier alpha value is -0.750. The first-order valence-corrected chi connectivity index (χ1v) is 5.04. The maximum Gasteiger partial charge on any atom is 0.184 e. The zero-order valence-electron chi connectivity index (χ0n) is 6.35. The van der Waals surface area contributed by atoms with Crippen LogP contribution in [0.5, 0.6) is 0 Å². The molecular formula is C7H4Br2N4. The molecular weight excluding hydrogens is 300 g/mol. The molecule has 0 aliphatic rings. The molecule has 0 saturated carbocycles. The molecule has 0 amide bonds. The number of nitrogens with zero attached hydrogens (tertiary/aromatic N) is 4. The lowest BCUT2D eigenvalue weighted by Gasteiger charge is -1.98. The maximum atomic E-state index is 4.12. The SMILES string of the molecule is Brc1cn(-c2cccnn2)c(Br)n1. The molecule has 0 spiro atoms. The van der Waals surface area contributed by atoms with E-state index >= 15 is 0 Å². The van der Waals surface area contributed by atoms with E-state index in [1.165, 1.54) is 0 Å². The summed E-state index contributed by atoms with van der Waals surface area (Å²) in [4.78, 5) is 4.12.